The van der Waals surface area contributed by atoms with Gasteiger partial charge in [0.1, 0.15) is 11.4 Å². The number of hydrogen-bond donors (Lipinski definition) is 0. The predicted octanol–water partition coefficient (Wildman–Crippen LogP) is 4.83. The van der Waals surface area contributed by atoms with Crippen molar-refractivity contribution in [2.24, 2.45) is 0 Å². The van der Waals surface area contributed by atoms with Gasteiger partial charge in [0.25, 0.3) is 5.91 Å². The molecule has 2 fully saturated rings. The molecule has 2 aliphatic rings. The quantitative estimate of drug-likeness (QED) is 0.447. The molecule has 5 rings (SSSR count). The highest BCUT2D eigenvalue weighted by atomic mass is 16.6. The lowest BCUT2D eigenvalue weighted by Gasteiger charge is -2.35. The molecule has 1 aliphatic carbocycles. The van der Waals surface area contributed by atoms with Crippen molar-refractivity contribution in [3.63, 3.8) is 0 Å². The average Bonchev–Trinajstić information content (AvgIpc) is 3.69. The number of fused-ring (bicyclic) bond motifs is 1. The number of benzene rings is 2. The highest BCUT2D eigenvalue weighted by Crippen LogP contribution is 2.32. The number of methoxy groups -OCH3 is 1. The van der Waals surface area contributed by atoms with Crippen molar-refractivity contribution in [2.75, 3.05) is 26.8 Å². The Morgan fingerprint density at radius 2 is 1.82 bits per heavy atom. The molecule has 38 heavy (non-hydrogen) atoms. The smallest absolute Gasteiger partial charge is 0.410 e. The second-order valence-electron chi connectivity index (χ2n) is 11.1. The van der Waals surface area contributed by atoms with Crippen molar-refractivity contribution in [1.82, 2.24) is 14.4 Å². The standard InChI is InChI=1S/C30H37N3O5/c1-30(2,3)38-29(35)31-15-16-37-27(20-31)28(34)33(23-11-12-23)19-22-18-32(26-8-6-5-7-25(22)26)17-21-9-13-24(36-4)14-10-21/h5-10,13-14,18,23,27H,11-12,15-17,19-20H2,1-4H3. The molecule has 202 valence electrons. The minimum absolute atomic E-state index is 0.0623. The van der Waals surface area contributed by atoms with Gasteiger partial charge < -0.3 is 28.6 Å². The van der Waals surface area contributed by atoms with Crippen molar-refractivity contribution in [1.29, 1.82) is 0 Å². The van der Waals surface area contributed by atoms with E-state index in [1.54, 1.807) is 12.0 Å². The number of hydrogen-bond acceptors (Lipinski definition) is 5. The van der Waals surface area contributed by atoms with Crippen LogP contribution in [0.15, 0.2) is 54.7 Å². The third-order valence-corrected chi connectivity index (χ3v) is 6.99. The van der Waals surface area contributed by atoms with Crippen molar-refractivity contribution in [2.45, 2.75) is 64.4 Å². The minimum atomic E-state index is -0.690. The highest BCUT2D eigenvalue weighted by Gasteiger charge is 2.39. The molecule has 0 N–H and O–H groups in total. The van der Waals surface area contributed by atoms with Crippen LogP contribution < -0.4 is 4.74 Å². The van der Waals surface area contributed by atoms with Gasteiger partial charge in [0.2, 0.25) is 0 Å². The Balaban J connectivity index is 1.34. The Bertz CT molecular complexity index is 1290. The summed E-state index contributed by atoms with van der Waals surface area (Å²) < 4.78 is 18.9. The molecule has 8 nitrogen and oxygen atoms in total. The van der Waals surface area contributed by atoms with E-state index in [0.29, 0.717) is 19.7 Å². The third-order valence-electron chi connectivity index (χ3n) is 6.99. The predicted molar refractivity (Wildman–Crippen MR) is 145 cm³/mol. The zero-order valence-corrected chi connectivity index (χ0v) is 22.7. The summed E-state index contributed by atoms with van der Waals surface area (Å²) in [5.74, 6) is 0.772. The fourth-order valence-electron chi connectivity index (χ4n) is 4.94. The van der Waals surface area contributed by atoms with Gasteiger partial charge in [-0.1, -0.05) is 30.3 Å². The SMILES string of the molecule is COc1ccc(Cn2cc(CN(C(=O)C3CN(C(=O)OC(C)(C)C)CCO3)C3CC3)c3ccccc32)cc1. The maximum Gasteiger partial charge on any atom is 0.410 e. The van der Waals surface area contributed by atoms with Crippen molar-refractivity contribution in [3.8, 4) is 5.75 Å². The fraction of sp³-hybridized carbons (Fsp3) is 0.467. The number of para-hydroxylation sites is 1. The fourth-order valence-corrected chi connectivity index (χ4v) is 4.94. The Labute approximate surface area is 224 Å². The first-order chi connectivity index (χ1) is 18.2. The van der Waals surface area contributed by atoms with Gasteiger partial charge in [-0.2, -0.15) is 0 Å². The van der Waals surface area contributed by atoms with Crippen LogP contribution in [0.25, 0.3) is 10.9 Å². The molecular weight excluding hydrogens is 482 g/mol. The molecule has 1 aliphatic heterocycles. The lowest BCUT2D eigenvalue weighted by atomic mass is 10.1. The second kappa shape index (κ2) is 10.7. The summed E-state index contributed by atoms with van der Waals surface area (Å²) in [4.78, 5) is 29.9. The Morgan fingerprint density at radius 3 is 2.50 bits per heavy atom. The number of aromatic nitrogens is 1. The first kappa shape index (κ1) is 26.1. The second-order valence-corrected chi connectivity index (χ2v) is 11.1. The summed E-state index contributed by atoms with van der Waals surface area (Å²) in [7, 11) is 1.67. The van der Waals surface area contributed by atoms with Crippen LogP contribution in [0.3, 0.4) is 0 Å². The number of nitrogens with zero attached hydrogens (tertiary/aromatic N) is 3. The minimum Gasteiger partial charge on any atom is -0.497 e. The van der Waals surface area contributed by atoms with Gasteiger partial charge in [-0.05, 0) is 62.9 Å². The van der Waals surface area contributed by atoms with Gasteiger partial charge in [0, 0.05) is 42.8 Å². The maximum atomic E-state index is 13.7. The monoisotopic (exact) mass is 519 g/mol. The summed E-state index contributed by atoms with van der Waals surface area (Å²) in [6.45, 7) is 7.69. The summed E-state index contributed by atoms with van der Waals surface area (Å²) in [6, 6.07) is 16.6. The summed E-state index contributed by atoms with van der Waals surface area (Å²) in [5.41, 5.74) is 2.82. The van der Waals surface area contributed by atoms with E-state index in [2.05, 4.69) is 35.0 Å². The molecule has 2 aromatic carbocycles. The molecular formula is C30H37N3O5. The van der Waals surface area contributed by atoms with Crippen LogP contribution in [-0.2, 0) is 27.4 Å². The van der Waals surface area contributed by atoms with Gasteiger partial charge in [-0.3, -0.25) is 4.79 Å². The normalized spacial score (nSPS) is 17.9. The van der Waals surface area contributed by atoms with Crippen LogP contribution in [0.2, 0.25) is 0 Å². The Kier molecular flexibility index (Phi) is 7.34. The first-order valence-corrected chi connectivity index (χ1v) is 13.3. The van der Waals surface area contributed by atoms with Crippen LogP contribution in [0.5, 0.6) is 5.75 Å². The number of amides is 2. The molecule has 1 atom stereocenters. The van der Waals surface area contributed by atoms with Gasteiger partial charge in [0.05, 0.1) is 20.3 Å². The molecule has 2 amide bonds. The van der Waals surface area contributed by atoms with Crippen LogP contribution in [0.1, 0.15) is 44.7 Å². The van der Waals surface area contributed by atoms with E-state index in [4.69, 9.17) is 14.2 Å². The topological polar surface area (TPSA) is 73.2 Å². The van der Waals surface area contributed by atoms with Gasteiger partial charge in [0.15, 0.2) is 6.10 Å². The van der Waals surface area contributed by atoms with Crippen LogP contribution in [0, 0.1) is 0 Å². The van der Waals surface area contributed by atoms with Crippen molar-refractivity contribution >= 4 is 22.9 Å². The molecule has 0 spiro atoms. The number of ether oxygens (including phenoxy) is 3. The molecule has 2 heterocycles. The zero-order chi connectivity index (χ0) is 26.9. The van der Waals surface area contributed by atoms with Crippen LogP contribution >= 0.6 is 0 Å². The molecule has 0 radical (unpaired) electrons. The largest absolute Gasteiger partial charge is 0.497 e. The van der Waals surface area contributed by atoms with E-state index in [1.165, 1.54) is 5.56 Å². The maximum absolute atomic E-state index is 13.7. The molecule has 3 aromatic rings. The molecule has 8 heteroatoms. The lowest BCUT2D eigenvalue weighted by Crippen LogP contribution is -2.53. The van der Waals surface area contributed by atoms with E-state index in [9.17, 15) is 9.59 Å². The number of carbonyl (C=O) groups is 2. The van der Waals surface area contributed by atoms with Gasteiger partial charge in [-0.25, -0.2) is 4.79 Å². The molecule has 1 saturated heterocycles. The van der Waals surface area contributed by atoms with E-state index in [0.717, 1.165) is 41.6 Å². The lowest BCUT2D eigenvalue weighted by molar-refractivity contribution is -0.150. The zero-order valence-electron chi connectivity index (χ0n) is 22.7. The summed E-state index contributed by atoms with van der Waals surface area (Å²) >= 11 is 0. The van der Waals surface area contributed by atoms with Gasteiger partial charge >= 0.3 is 6.09 Å². The van der Waals surface area contributed by atoms with Crippen LogP contribution in [-0.4, -0.2) is 70.9 Å². The average molecular weight is 520 g/mol. The molecule has 1 saturated carbocycles. The number of carbonyl (C=O) groups excluding carboxylic acids is 2. The summed E-state index contributed by atoms with van der Waals surface area (Å²) in [5, 5.41) is 1.14. The summed E-state index contributed by atoms with van der Waals surface area (Å²) in [6.07, 6.45) is 3.03. The molecule has 1 aromatic heterocycles. The highest BCUT2D eigenvalue weighted by molar-refractivity contribution is 5.86. The van der Waals surface area contributed by atoms with E-state index >= 15 is 0 Å². The number of morpholine rings is 1. The first-order valence-electron chi connectivity index (χ1n) is 13.3. The van der Waals surface area contributed by atoms with Crippen molar-refractivity contribution in [3.05, 3.63) is 65.9 Å². The molecule has 0 bridgehead atoms. The Morgan fingerprint density at radius 1 is 1.08 bits per heavy atom. The van der Waals surface area contributed by atoms with Crippen LogP contribution in [0.4, 0.5) is 4.79 Å². The van der Waals surface area contributed by atoms with E-state index < -0.39 is 17.8 Å². The van der Waals surface area contributed by atoms with E-state index in [1.807, 2.05) is 49.9 Å². The molecule has 1 unspecified atom stereocenters. The Hall–Kier alpha value is -3.52. The third kappa shape index (κ3) is 5.96. The van der Waals surface area contributed by atoms with Gasteiger partial charge in [-0.15, -0.1) is 0 Å². The number of rotatable bonds is 7. The van der Waals surface area contributed by atoms with E-state index in [-0.39, 0.29) is 18.5 Å². The van der Waals surface area contributed by atoms with Crippen molar-refractivity contribution < 1.29 is 23.8 Å².